The second-order valence-electron chi connectivity index (χ2n) is 4.17. The summed E-state index contributed by atoms with van der Waals surface area (Å²) in [5, 5.41) is 4.04. The molecule has 0 N–H and O–H groups in total. The zero-order valence-corrected chi connectivity index (χ0v) is 11.7. The Bertz CT molecular complexity index is 652. The third-order valence-electron chi connectivity index (χ3n) is 2.82. The minimum Gasteiger partial charge on any atom is -0.480 e. The molecule has 2 aromatic rings. The molecule has 0 amide bonds. The summed E-state index contributed by atoms with van der Waals surface area (Å²) >= 11 is 5.91. The van der Waals surface area contributed by atoms with Gasteiger partial charge in [0.2, 0.25) is 5.88 Å². The minimum atomic E-state index is -4.45. The molecule has 2 rings (SSSR count). The molecule has 0 spiro atoms. The van der Waals surface area contributed by atoms with Gasteiger partial charge in [-0.25, -0.2) is 4.68 Å². The number of methoxy groups -OCH3 is 1. The summed E-state index contributed by atoms with van der Waals surface area (Å²) in [5.41, 5.74) is -0.249. The molecule has 0 aliphatic rings. The van der Waals surface area contributed by atoms with Crippen LogP contribution in [0.25, 0.3) is 5.82 Å². The molecule has 0 saturated carbocycles. The Morgan fingerprint density at radius 3 is 2.45 bits per heavy atom. The van der Waals surface area contributed by atoms with Crippen molar-refractivity contribution in [2.45, 2.75) is 20.0 Å². The van der Waals surface area contributed by atoms with Crippen LogP contribution in [-0.2, 0) is 6.18 Å². The predicted octanol–water partition coefficient (Wildman–Crippen LogP) is 3.56. The van der Waals surface area contributed by atoms with Crippen LogP contribution in [0.3, 0.4) is 0 Å². The highest BCUT2D eigenvalue weighted by Crippen LogP contribution is 2.33. The molecule has 0 aliphatic heterocycles. The molecule has 0 fully saturated rings. The molecule has 2 aromatic heterocycles. The van der Waals surface area contributed by atoms with Crippen molar-refractivity contribution >= 4 is 11.6 Å². The lowest BCUT2D eigenvalue weighted by atomic mass is 10.2. The molecule has 108 valence electrons. The maximum Gasteiger partial charge on any atom is 0.419 e. The van der Waals surface area contributed by atoms with Crippen molar-refractivity contribution in [3.8, 4) is 11.7 Å². The molecular weight excluding hydrogens is 295 g/mol. The van der Waals surface area contributed by atoms with Crippen molar-refractivity contribution in [3.05, 3.63) is 34.1 Å². The topological polar surface area (TPSA) is 39.9 Å². The lowest BCUT2D eigenvalue weighted by Gasteiger charge is -2.11. The van der Waals surface area contributed by atoms with E-state index in [9.17, 15) is 13.2 Å². The first-order chi connectivity index (χ1) is 9.25. The molecule has 2 heterocycles. The Morgan fingerprint density at radius 1 is 1.30 bits per heavy atom. The van der Waals surface area contributed by atoms with E-state index in [1.54, 1.807) is 13.0 Å². The first-order valence-corrected chi connectivity index (χ1v) is 5.96. The van der Waals surface area contributed by atoms with E-state index < -0.39 is 11.7 Å². The fourth-order valence-corrected chi connectivity index (χ4v) is 2.10. The Morgan fingerprint density at radius 2 is 1.95 bits per heavy atom. The molecule has 20 heavy (non-hydrogen) atoms. The van der Waals surface area contributed by atoms with Crippen LogP contribution in [0.5, 0.6) is 5.88 Å². The van der Waals surface area contributed by atoms with Crippen LogP contribution < -0.4 is 4.74 Å². The second kappa shape index (κ2) is 4.97. The van der Waals surface area contributed by atoms with Crippen LogP contribution in [0.15, 0.2) is 12.3 Å². The third-order valence-corrected chi connectivity index (χ3v) is 3.09. The molecule has 0 aliphatic carbocycles. The van der Waals surface area contributed by atoms with E-state index in [1.807, 2.05) is 0 Å². The van der Waals surface area contributed by atoms with Gasteiger partial charge in [-0.2, -0.15) is 23.3 Å². The highest BCUT2D eigenvalue weighted by molar-refractivity contribution is 6.31. The summed E-state index contributed by atoms with van der Waals surface area (Å²) in [4.78, 5) is 4.10. The Hall–Kier alpha value is -1.76. The van der Waals surface area contributed by atoms with Gasteiger partial charge in [0.25, 0.3) is 0 Å². The highest BCUT2D eigenvalue weighted by atomic mass is 35.5. The van der Waals surface area contributed by atoms with Gasteiger partial charge in [0, 0.05) is 0 Å². The fourth-order valence-electron chi connectivity index (χ4n) is 1.81. The SMILES string of the molecule is COc1nc(-n2ncc(C(F)(F)F)c2C)c(C)cc1Cl. The quantitative estimate of drug-likeness (QED) is 0.851. The lowest BCUT2D eigenvalue weighted by Crippen LogP contribution is -2.09. The largest absolute Gasteiger partial charge is 0.480 e. The van der Waals surface area contributed by atoms with Crippen LogP contribution in [0.2, 0.25) is 5.02 Å². The van der Waals surface area contributed by atoms with Gasteiger partial charge < -0.3 is 4.74 Å². The standard InChI is InChI=1S/C12H11ClF3N3O/c1-6-4-9(13)11(20-3)18-10(6)19-7(2)8(5-17-19)12(14,15)16/h4-5H,1-3H3. The van der Waals surface area contributed by atoms with Crippen molar-refractivity contribution < 1.29 is 17.9 Å². The number of halogens is 4. The smallest absolute Gasteiger partial charge is 0.419 e. The van der Waals surface area contributed by atoms with Crippen molar-refractivity contribution in [3.63, 3.8) is 0 Å². The minimum absolute atomic E-state index is 0.0440. The Kier molecular flexibility index (Phi) is 3.64. The van der Waals surface area contributed by atoms with Crippen LogP contribution in [0.4, 0.5) is 13.2 Å². The van der Waals surface area contributed by atoms with Gasteiger partial charge in [-0.3, -0.25) is 0 Å². The lowest BCUT2D eigenvalue weighted by molar-refractivity contribution is -0.138. The average Bonchev–Trinajstić information content (AvgIpc) is 2.71. The van der Waals surface area contributed by atoms with E-state index in [-0.39, 0.29) is 22.4 Å². The number of pyridine rings is 1. The third kappa shape index (κ3) is 2.45. The van der Waals surface area contributed by atoms with Gasteiger partial charge in [-0.1, -0.05) is 11.6 Å². The molecule has 0 atom stereocenters. The molecule has 0 unspecified atom stereocenters. The van der Waals surface area contributed by atoms with Gasteiger partial charge in [0.1, 0.15) is 5.02 Å². The zero-order valence-electron chi connectivity index (χ0n) is 10.9. The van der Waals surface area contributed by atoms with Crippen LogP contribution in [0.1, 0.15) is 16.8 Å². The van der Waals surface area contributed by atoms with E-state index in [0.717, 1.165) is 10.9 Å². The number of hydrogen-bond acceptors (Lipinski definition) is 3. The number of hydrogen-bond donors (Lipinski definition) is 0. The van der Waals surface area contributed by atoms with E-state index in [4.69, 9.17) is 16.3 Å². The molecule has 0 aromatic carbocycles. The predicted molar refractivity (Wildman–Crippen MR) is 67.4 cm³/mol. The van der Waals surface area contributed by atoms with E-state index in [1.165, 1.54) is 14.0 Å². The Balaban J connectivity index is 2.61. The van der Waals surface area contributed by atoms with Crippen LogP contribution >= 0.6 is 11.6 Å². The summed E-state index contributed by atoms with van der Waals surface area (Å²) in [6.45, 7) is 3.01. The number of aryl methyl sites for hydroxylation is 1. The molecule has 8 heteroatoms. The summed E-state index contributed by atoms with van der Waals surface area (Å²) in [5.74, 6) is 0.384. The van der Waals surface area contributed by atoms with Gasteiger partial charge in [-0.15, -0.1) is 0 Å². The molecule has 0 saturated heterocycles. The normalized spacial score (nSPS) is 11.8. The van der Waals surface area contributed by atoms with Gasteiger partial charge in [0.15, 0.2) is 5.82 Å². The number of alkyl halides is 3. The number of nitrogens with zero attached hydrogens (tertiary/aromatic N) is 3. The zero-order chi connectivity index (χ0) is 15.1. The Labute approximate surface area is 118 Å². The van der Waals surface area contributed by atoms with E-state index in [2.05, 4.69) is 10.1 Å². The summed E-state index contributed by atoms with van der Waals surface area (Å²) in [6.07, 6.45) is -3.68. The molecule has 4 nitrogen and oxygen atoms in total. The van der Waals surface area contributed by atoms with E-state index in [0.29, 0.717) is 5.56 Å². The van der Waals surface area contributed by atoms with Crippen molar-refractivity contribution in [1.29, 1.82) is 0 Å². The van der Waals surface area contributed by atoms with Crippen molar-refractivity contribution in [2.24, 2.45) is 0 Å². The summed E-state index contributed by atoms with van der Waals surface area (Å²) in [7, 11) is 1.38. The maximum absolute atomic E-state index is 12.8. The average molecular weight is 306 g/mol. The monoisotopic (exact) mass is 305 g/mol. The molecule has 0 radical (unpaired) electrons. The molecule has 0 bridgehead atoms. The fraction of sp³-hybridized carbons (Fsp3) is 0.333. The summed E-state index contributed by atoms with van der Waals surface area (Å²) in [6, 6.07) is 1.57. The first-order valence-electron chi connectivity index (χ1n) is 5.59. The van der Waals surface area contributed by atoms with Gasteiger partial charge in [-0.05, 0) is 25.5 Å². The van der Waals surface area contributed by atoms with Crippen LogP contribution in [-0.4, -0.2) is 21.9 Å². The van der Waals surface area contributed by atoms with Crippen molar-refractivity contribution in [2.75, 3.05) is 7.11 Å². The first kappa shape index (κ1) is 14.6. The van der Waals surface area contributed by atoms with Crippen LogP contribution in [0, 0.1) is 13.8 Å². The second-order valence-corrected chi connectivity index (χ2v) is 4.58. The summed E-state index contributed by atoms with van der Waals surface area (Å²) < 4.78 is 44.4. The van der Waals surface area contributed by atoms with E-state index >= 15 is 0 Å². The number of rotatable bonds is 2. The number of ether oxygens (including phenoxy) is 1. The van der Waals surface area contributed by atoms with Gasteiger partial charge >= 0.3 is 6.18 Å². The maximum atomic E-state index is 12.8. The number of aromatic nitrogens is 3. The molecular formula is C12H11ClF3N3O. The van der Waals surface area contributed by atoms with Gasteiger partial charge in [0.05, 0.1) is 24.6 Å². The van der Waals surface area contributed by atoms with Crippen molar-refractivity contribution in [1.82, 2.24) is 14.8 Å². The highest BCUT2D eigenvalue weighted by Gasteiger charge is 2.35.